The van der Waals surface area contributed by atoms with Crippen LogP contribution in [0.2, 0.25) is 0 Å². The highest BCUT2D eigenvalue weighted by molar-refractivity contribution is 5.81. The lowest BCUT2D eigenvalue weighted by molar-refractivity contribution is -0.141. The van der Waals surface area contributed by atoms with Gasteiger partial charge >= 0.3 is 5.97 Å². The molecule has 5 nitrogen and oxygen atoms in total. The topological polar surface area (TPSA) is 83.6 Å². The molecular formula is C13H24N2O3. The summed E-state index contributed by atoms with van der Waals surface area (Å²) >= 11 is 0. The van der Waals surface area contributed by atoms with Gasteiger partial charge in [0.1, 0.15) is 0 Å². The average molecular weight is 256 g/mol. The number of carboxylic acid groups (broad SMARTS) is 1. The van der Waals surface area contributed by atoms with Crippen LogP contribution in [0.3, 0.4) is 0 Å². The Bertz CT molecular complexity index is 305. The Morgan fingerprint density at radius 1 is 1.44 bits per heavy atom. The maximum absolute atomic E-state index is 12.1. The zero-order chi connectivity index (χ0) is 13.7. The van der Waals surface area contributed by atoms with E-state index in [1.54, 1.807) is 4.90 Å². The van der Waals surface area contributed by atoms with Crippen LogP contribution in [0.5, 0.6) is 0 Å². The smallest absolute Gasteiger partial charge is 0.303 e. The molecule has 1 fully saturated rings. The van der Waals surface area contributed by atoms with E-state index in [9.17, 15) is 9.59 Å². The third-order valence-corrected chi connectivity index (χ3v) is 3.34. The van der Waals surface area contributed by atoms with E-state index in [0.717, 1.165) is 12.8 Å². The lowest BCUT2D eigenvalue weighted by Gasteiger charge is -2.34. The van der Waals surface area contributed by atoms with E-state index in [2.05, 4.69) is 0 Å². The summed E-state index contributed by atoms with van der Waals surface area (Å²) < 4.78 is 0. The Hall–Kier alpha value is -1.10. The Balaban J connectivity index is 2.49. The number of carbonyl (C=O) groups is 2. The van der Waals surface area contributed by atoms with Crippen molar-refractivity contribution < 1.29 is 14.7 Å². The molecule has 104 valence electrons. The van der Waals surface area contributed by atoms with Crippen LogP contribution in [0.1, 0.15) is 39.5 Å². The van der Waals surface area contributed by atoms with E-state index < -0.39 is 12.0 Å². The lowest BCUT2D eigenvalue weighted by atomic mass is 9.94. The number of nitrogens with two attached hydrogens (primary N) is 1. The summed E-state index contributed by atoms with van der Waals surface area (Å²) in [7, 11) is 0. The molecule has 0 aliphatic carbocycles. The molecule has 18 heavy (non-hydrogen) atoms. The highest BCUT2D eigenvalue weighted by Gasteiger charge is 2.28. The van der Waals surface area contributed by atoms with Crippen LogP contribution in [0.4, 0.5) is 0 Å². The predicted octanol–water partition coefficient (Wildman–Crippen LogP) is 1.07. The molecule has 1 aliphatic rings. The summed E-state index contributed by atoms with van der Waals surface area (Å²) in [5.41, 5.74) is 5.89. The van der Waals surface area contributed by atoms with Crippen molar-refractivity contribution in [1.82, 2.24) is 4.90 Å². The molecule has 1 aliphatic heterocycles. The van der Waals surface area contributed by atoms with Crippen molar-refractivity contribution >= 4 is 11.9 Å². The molecular weight excluding hydrogens is 232 g/mol. The number of rotatable bonds is 5. The Morgan fingerprint density at radius 2 is 2.11 bits per heavy atom. The predicted molar refractivity (Wildman–Crippen MR) is 69.0 cm³/mol. The normalized spacial score (nSPS) is 22.0. The molecule has 0 aromatic heterocycles. The van der Waals surface area contributed by atoms with Crippen LogP contribution in [-0.4, -0.2) is 41.0 Å². The molecule has 1 rings (SSSR count). The Morgan fingerprint density at radius 3 is 2.67 bits per heavy atom. The standard InChI is InChI=1S/C13H24N2O3/c1-9(2)6-11(14)13(18)15-5-3-4-10(8-15)7-12(16)17/h9-11H,3-8,14H2,1-2H3,(H,16,17)/t10?,11-/m1/s1. The zero-order valence-corrected chi connectivity index (χ0v) is 11.3. The number of aliphatic carboxylic acids is 1. The van der Waals surface area contributed by atoms with Gasteiger partial charge in [0.2, 0.25) is 5.91 Å². The first-order valence-corrected chi connectivity index (χ1v) is 6.66. The van der Waals surface area contributed by atoms with Crippen molar-refractivity contribution in [3.05, 3.63) is 0 Å². The summed E-state index contributed by atoms with van der Waals surface area (Å²) in [5.74, 6) is -0.352. The number of amides is 1. The Labute approximate surface area is 108 Å². The van der Waals surface area contributed by atoms with Crippen molar-refractivity contribution in [2.45, 2.75) is 45.6 Å². The van der Waals surface area contributed by atoms with Gasteiger partial charge in [0.05, 0.1) is 6.04 Å². The van der Waals surface area contributed by atoms with E-state index in [1.165, 1.54) is 0 Å². The zero-order valence-electron chi connectivity index (χ0n) is 11.3. The van der Waals surface area contributed by atoms with E-state index in [-0.39, 0.29) is 18.2 Å². The van der Waals surface area contributed by atoms with Crippen molar-refractivity contribution in [3.8, 4) is 0 Å². The SMILES string of the molecule is CC(C)C[C@@H](N)C(=O)N1CCCC(CC(=O)O)C1. The third-order valence-electron chi connectivity index (χ3n) is 3.34. The van der Waals surface area contributed by atoms with Crippen LogP contribution < -0.4 is 5.73 Å². The number of nitrogens with zero attached hydrogens (tertiary/aromatic N) is 1. The fraction of sp³-hybridized carbons (Fsp3) is 0.846. The van der Waals surface area contributed by atoms with Crippen molar-refractivity contribution in [3.63, 3.8) is 0 Å². The molecule has 5 heteroatoms. The van der Waals surface area contributed by atoms with Gasteiger partial charge in [-0.15, -0.1) is 0 Å². The minimum Gasteiger partial charge on any atom is -0.481 e. The van der Waals surface area contributed by atoms with Crippen LogP contribution in [-0.2, 0) is 9.59 Å². The number of hydrogen-bond acceptors (Lipinski definition) is 3. The summed E-state index contributed by atoms with van der Waals surface area (Å²) in [6.45, 7) is 5.32. The highest BCUT2D eigenvalue weighted by atomic mass is 16.4. The second-order valence-electron chi connectivity index (χ2n) is 5.63. The number of piperidine rings is 1. The molecule has 1 amide bonds. The second-order valence-corrected chi connectivity index (χ2v) is 5.63. The van der Waals surface area contributed by atoms with Crippen LogP contribution >= 0.6 is 0 Å². The molecule has 1 saturated heterocycles. The molecule has 1 unspecified atom stereocenters. The third kappa shape index (κ3) is 4.64. The van der Waals surface area contributed by atoms with Crippen molar-refractivity contribution in [2.75, 3.05) is 13.1 Å². The van der Waals surface area contributed by atoms with Crippen LogP contribution in [0.25, 0.3) is 0 Å². The first kappa shape index (κ1) is 15.0. The van der Waals surface area contributed by atoms with Crippen LogP contribution in [0, 0.1) is 11.8 Å². The van der Waals surface area contributed by atoms with Gasteiger partial charge in [0.25, 0.3) is 0 Å². The highest BCUT2D eigenvalue weighted by Crippen LogP contribution is 2.20. The molecule has 0 aromatic carbocycles. The fourth-order valence-electron chi connectivity index (χ4n) is 2.52. The largest absolute Gasteiger partial charge is 0.481 e. The molecule has 3 N–H and O–H groups in total. The van der Waals surface area contributed by atoms with Crippen LogP contribution in [0.15, 0.2) is 0 Å². The van der Waals surface area contributed by atoms with Gasteiger partial charge in [0, 0.05) is 19.5 Å². The Kier molecular flexibility index (Phi) is 5.59. The number of likely N-dealkylation sites (tertiary alicyclic amines) is 1. The molecule has 0 spiro atoms. The minimum absolute atomic E-state index is 0.0289. The fourth-order valence-corrected chi connectivity index (χ4v) is 2.52. The van der Waals surface area contributed by atoms with Gasteiger partial charge < -0.3 is 15.7 Å². The molecule has 0 bridgehead atoms. The van der Waals surface area contributed by atoms with Crippen molar-refractivity contribution in [2.24, 2.45) is 17.6 Å². The second kappa shape index (κ2) is 6.73. The number of carboxylic acids is 1. The lowest BCUT2D eigenvalue weighted by Crippen LogP contribution is -2.48. The van der Waals surface area contributed by atoms with E-state index in [4.69, 9.17) is 10.8 Å². The quantitative estimate of drug-likeness (QED) is 0.770. The number of carbonyl (C=O) groups excluding carboxylic acids is 1. The summed E-state index contributed by atoms with van der Waals surface area (Å²) in [4.78, 5) is 24.6. The summed E-state index contributed by atoms with van der Waals surface area (Å²) in [6.07, 6.45) is 2.58. The maximum Gasteiger partial charge on any atom is 0.303 e. The van der Waals surface area contributed by atoms with Gasteiger partial charge in [-0.25, -0.2) is 0 Å². The van der Waals surface area contributed by atoms with E-state index in [0.29, 0.717) is 25.4 Å². The summed E-state index contributed by atoms with van der Waals surface area (Å²) in [6, 6.07) is -0.450. The molecule has 2 atom stereocenters. The average Bonchev–Trinajstić information content (AvgIpc) is 2.26. The maximum atomic E-state index is 12.1. The molecule has 0 aromatic rings. The van der Waals surface area contributed by atoms with E-state index in [1.807, 2.05) is 13.8 Å². The van der Waals surface area contributed by atoms with Gasteiger partial charge in [0.15, 0.2) is 0 Å². The first-order valence-electron chi connectivity index (χ1n) is 6.66. The van der Waals surface area contributed by atoms with E-state index >= 15 is 0 Å². The van der Waals surface area contributed by atoms with Gasteiger partial charge in [-0.05, 0) is 31.1 Å². The monoisotopic (exact) mass is 256 g/mol. The molecule has 1 heterocycles. The van der Waals surface area contributed by atoms with Gasteiger partial charge in [-0.2, -0.15) is 0 Å². The number of hydrogen-bond donors (Lipinski definition) is 2. The molecule has 0 radical (unpaired) electrons. The molecule has 0 saturated carbocycles. The minimum atomic E-state index is -0.791. The van der Waals surface area contributed by atoms with Crippen molar-refractivity contribution in [1.29, 1.82) is 0 Å². The summed E-state index contributed by atoms with van der Waals surface area (Å²) in [5, 5.41) is 8.79. The van der Waals surface area contributed by atoms with Gasteiger partial charge in [-0.3, -0.25) is 9.59 Å². The van der Waals surface area contributed by atoms with Gasteiger partial charge in [-0.1, -0.05) is 13.8 Å². The first-order chi connectivity index (χ1) is 8.40.